The number of hydrogen-bond donors (Lipinski definition) is 0. The summed E-state index contributed by atoms with van der Waals surface area (Å²) in [5.74, 6) is 1.33. The van der Waals surface area contributed by atoms with Crippen LogP contribution in [0.2, 0.25) is 0 Å². The molecule has 6 nitrogen and oxygen atoms in total. The predicted molar refractivity (Wildman–Crippen MR) is 98.1 cm³/mol. The van der Waals surface area contributed by atoms with Crippen LogP contribution in [0.25, 0.3) is 0 Å². The van der Waals surface area contributed by atoms with Gasteiger partial charge in [0.05, 0.1) is 25.2 Å². The van der Waals surface area contributed by atoms with E-state index in [-0.39, 0.29) is 16.7 Å². The Morgan fingerprint density at radius 2 is 1.96 bits per heavy atom. The largest absolute Gasteiger partial charge is 0.493 e. The molecule has 2 rings (SSSR count). The molecule has 2 atom stereocenters. The van der Waals surface area contributed by atoms with Gasteiger partial charge in [-0.05, 0) is 45.6 Å². The van der Waals surface area contributed by atoms with Crippen molar-refractivity contribution < 1.29 is 14.3 Å². The number of carbonyl (C=O) groups excluding carboxylic acids is 1. The van der Waals surface area contributed by atoms with E-state index in [1.54, 1.807) is 19.2 Å². The van der Waals surface area contributed by atoms with Crippen molar-refractivity contribution in [3.8, 4) is 11.5 Å². The van der Waals surface area contributed by atoms with E-state index in [1.807, 2.05) is 44.1 Å². The second-order valence-corrected chi connectivity index (χ2v) is 6.93. The number of thioether (sulfide) groups is 1. The van der Waals surface area contributed by atoms with Gasteiger partial charge < -0.3 is 9.47 Å². The van der Waals surface area contributed by atoms with Crippen LogP contribution in [-0.4, -0.2) is 60.6 Å². The minimum atomic E-state index is -0.113. The highest BCUT2D eigenvalue weighted by Gasteiger charge is 2.33. The molecule has 1 aromatic carbocycles. The lowest BCUT2D eigenvalue weighted by atomic mass is 10.0. The van der Waals surface area contributed by atoms with Crippen molar-refractivity contribution in [2.75, 3.05) is 28.3 Å². The molecule has 1 heterocycles. The van der Waals surface area contributed by atoms with Crippen molar-refractivity contribution in [2.45, 2.75) is 31.7 Å². The average molecular weight is 351 g/mol. The summed E-state index contributed by atoms with van der Waals surface area (Å²) in [7, 11) is 7.08. The predicted octanol–water partition coefficient (Wildman–Crippen LogP) is 3.26. The topological polar surface area (TPSA) is 54.4 Å². The van der Waals surface area contributed by atoms with Crippen molar-refractivity contribution in [1.29, 1.82) is 0 Å². The molecule has 0 radical (unpaired) electrons. The molecule has 24 heavy (non-hydrogen) atoms. The van der Waals surface area contributed by atoms with Crippen molar-refractivity contribution in [3.05, 3.63) is 23.8 Å². The van der Waals surface area contributed by atoms with Crippen LogP contribution >= 0.6 is 11.8 Å². The number of hydrazone groups is 1. The normalized spacial score (nSPS) is 19.3. The van der Waals surface area contributed by atoms with Crippen LogP contribution < -0.4 is 9.47 Å². The van der Waals surface area contributed by atoms with E-state index in [0.29, 0.717) is 11.5 Å². The van der Waals surface area contributed by atoms with Gasteiger partial charge in [0, 0.05) is 5.56 Å². The third-order valence-corrected chi connectivity index (χ3v) is 5.33. The van der Waals surface area contributed by atoms with Crippen molar-refractivity contribution in [1.82, 2.24) is 9.91 Å². The Morgan fingerprint density at radius 3 is 2.50 bits per heavy atom. The molecule has 0 spiro atoms. The maximum atomic E-state index is 12.4. The second kappa shape index (κ2) is 7.90. The molecule has 1 aliphatic rings. The Labute approximate surface area is 147 Å². The van der Waals surface area contributed by atoms with Gasteiger partial charge in [0.25, 0.3) is 0 Å². The number of rotatable bonds is 6. The maximum absolute atomic E-state index is 12.4. The van der Waals surface area contributed by atoms with Crippen LogP contribution in [0.15, 0.2) is 23.3 Å². The lowest BCUT2D eigenvalue weighted by molar-refractivity contribution is 0.130. The van der Waals surface area contributed by atoms with Gasteiger partial charge in [-0.2, -0.15) is 5.10 Å². The zero-order chi connectivity index (χ0) is 17.9. The standard InChI is InChI=1S/C17H25N3O3S/c1-7-15-16(12-8-9-13(22-5)14(10-12)23-6)18-20(17(21)24-15)11(2)19(3)4/h8-11,15H,7H2,1-6H3. The summed E-state index contributed by atoms with van der Waals surface area (Å²) in [6.45, 7) is 4.02. The van der Waals surface area contributed by atoms with Gasteiger partial charge in [-0.1, -0.05) is 18.7 Å². The molecule has 1 aromatic rings. The average Bonchev–Trinajstić information content (AvgIpc) is 2.59. The maximum Gasteiger partial charge on any atom is 0.303 e. The molecule has 0 aliphatic carbocycles. The number of ether oxygens (including phenoxy) is 2. The van der Waals surface area contributed by atoms with Crippen molar-refractivity contribution in [2.24, 2.45) is 5.10 Å². The number of methoxy groups -OCH3 is 2. The minimum absolute atomic E-state index is 0.0210. The summed E-state index contributed by atoms with van der Waals surface area (Å²) >= 11 is 1.32. The highest BCUT2D eigenvalue weighted by atomic mass is 32.2. The fourth-order valence-corrected chi connectivity index (χ4v) is 3.43. The first-order chi connectivity index (χ1) is 11.4. The summed E-state index contributed by atoms with van der Waals surface area (Å²) in [6, 6.07) is 5.73. The fraction of sp³-hybridized carbons (Fsp3) is 0.529. The molecule has 0 bridgehead atoms. The first-order valence-electron chi connectivity index (χ1n) is 7.90. The molecule has 1 aliphatic heterocycles. The van der Waals surface area contributed by atoms with E-state index in [4.69, 9.17) is 9.47 Å². The Morgan fingerprint density at radius 1 is 1.29 bits per heavy atom. The lowest BCUT2D eigenvalue weighted by Gasteiger charge is -2.34. The van der Waals surface area contributed by atoms with Gasteiger partial charge in [-0.15, -0.1) is 0 Å². The van der Waals surface area contributed by atoms with Gasteiger partial charge in [0.15, 0.2) is 11.5 Å². The number of carbonyl (C=O) groups is 1. The van der Waals surface area contributed by atoms with Crippen molar-refractivity contribution in [3.63, 3.8) is 0 Å². The summed E-state index contributed by atoms with van der Waals surface area (Å²) in [4.78, 5) is 14.4. The molecule has 0 saturated carbocycles. The Hall–Kier alpha value is -1.73. The van der Waals surface area contributed by atoms with Crippen LogP contribution in [0.4, 0.5) is 4.79 Å². The quantitative estimate of drug-likeness (QED) is 0.787. The molecule has 0 fully saturated rings. The van der Waals surface area contributed by atoms with E-state index in [1.165, 1.54) is 11.8 Å². The fourth-order valence-electron chi connectivity index (χ4n) is 2.42. The summed E-state index contributed by atoms with van der Waals surface area (Å²) in [5, 5.41) is 6.23. The molecule has 0 N–H and O–H groups in total. The zero-order valence-electron chi connectivity index (χ0n) is 15.1. The first-order valence-corrected chi connectivity index (χ1v) is 8.78. The Kier molecular flexibility index (Phi) is 6.12. The molecule has 0 saturated heterocycles. The van der Waals surface area contributed by atoms with E-state index in [9.17, 15) is 4.79 Å². The van der Waals surface area contributed by atoms with E-state index >= 15 is 0 Å². The summed E-state index contributed by atoms with van der Waals surface area (Å²) < 4.78 is 10.7. The Balaban J connectivity index is 2.47. The van der Waals surface area contributed by atoms with E-state index in [2.05, 4.69) is 12.0 Å². The van der Waals surface area contributed by atoms with Crippen LogP contribution in [0.1, 0.15) is 25.8 Å². The third-order valence-electron chi connectivity index (χ3n) is 4.10. The summed E-state index contributed by atoms with van der Waals surface area (Å²) in [5.41, 5.74) is 1.83. The lowest BCUT2D eigenvalue weighted by Crippen LogP contribution is -2.46. The van der Waals surface area contributed by atoms with Gasteiger partial charge in [-0.25, -0.2) is 5.01 Å². The zero-order valence-corrected chi connectivity index (χ0v) is 15.9. The van der Waals surface area contributed by atoms with Crippen LogP contribution in [0, 0.1) is 0 Å². The molecule has 0 aromatic heterocycles. The molecule has 1 amide bonds. The number of nitrogens with zero attached hydrogens (tertiary/aromatic N) is 3. The van der Waals surface area contributed by atoms with Crippen LogP contribution in [0.5, 0.6) is 11.5 Å². The minimum Gasteiger partial charge on any atom is -0.493 e. The number of amides is 1. The monoisotopic (exact) mass is 351 g/mol. The van der Waals surface area contributed by atoms with Crippen LogP contribution in [-0.2, 0) is 0 Å². The molecular weight excluding hydrogens is 326 g/mol. The van der Waals surface area contributed by atoms with Gasteiger partial charge in [0.1, 0.15) is 6.17 Å². The number of hydrogen-bond acceptors (Lipinski definition) is 6. The van der Waals surface area contributed by atoms with Crippen molar-refractivity contribution >= 4 is 22.7 Å². The van der Waals surface area contributed by atoms with Gasteiger partial charge >= 0.3 is 5.24 Å². The van der Waals surface area contributed by atoms with Gasteiger partial charge in [-0.3, -0.25) is 9.69 Å². The van der Waals surface area contributed by atoms with E-state index < -0.39 is 0 Å². The summed E-state index contributed by atoms with van der Waals surface area (Å²) in [6.07, 6.45) is 0.714. The highest BCUT2D eigenvalue weighted by Crippen LogP contribution is 2.33. The van der Waals surface area contributed by atoms with E-state index in [0.717, 1.165) is 17.7 Å². The number of benzene rings is 1. The Bertz CT molecular complexity index is 634. The molecular formula is C17H25N3O3S. The molecule has 132 valence electrons. The molecule has 7 heteroatoms. The molecule has 2 unspecified atom stereocenters. The first kappa shape index (κ1) is 18.6. The SMILES string of the molecule is CCC1SC(=O)N(C(C)N(C)C)N=C1c1ccc(OC)c(OC)c1. The van der Waals surface area contributed by atoms with Crippen LogP contribution in [0.3, 0.4) is 0 Å². The highest BCUT2D eigenvalue weighted by molar-refractivity contribution is 8.14. The smallest absolute Gasteiger partial charge is 0.303 e. The second-order valence-electron chi connectivity index (χ2n) is 5.78. The third kappa shape index (κ3) is 3.67. The van der Waals surface area contributed by atoms with Gasteiger partial charge in [0.2, 0.25) is 0 Å².